The van der Waals surface area contributed by atoms with E-state index in [0.29, 0.717) is 45.0 Å². The molecule has 0 bridgehead atoms. The molecule has 2 aliphatic rings. The SMILES string of the molecule is COc1cccc(C(=O)Nc2cccc(C(=O)c3ccc4c(c3)NC(=O)/C4=C/Nc3ccc(N4CCN(C)CC4)cc3)c2)c1. The summed E-state index contributed by atoms with van der Waals surface area (Å²) in [6.45, 7) is 4.09. The van der Waals surface area contributed by atoms with Crippen molar-refractivity contribution in [1.29, 1.82) is 0 Å². The van der Waals surface area contributed by atoms with Gasteiger partial charge >= 0.3 is 0 Å². The molecule has 9 heteroatoms. The van der Waals surface area contributed by atoms with Crippen molar-refractivity contribution in [2.75, 3.05) is 61.2 Å². The molecule has 0 spiro atoms. The lowest BCUT2D eigenvalue weighted by Crippen LogP contribution is -2.44. The number of carbonyl (C=O) groups excluding carboxylic acids is 3. The largest absolute Gasteiger partial charge is 0.497 e. The highest BCUT2D eigenvalue weighted by Gasteiger charge is 2.25. The number of benzene rings is 4. The number of nitrogens with one attached hydrogen (secondary N) is 3. The maximum atomic E-state index is 13.4. The fourth-order valence-corrected chi connectivity index (χ4v) is 5.34. The van der Waals surface area contributed by atoms with Crippen molar-refractivity contribution in [3.8, 4) is 5.75 Å². The number of piperazine rings is 1. The van der Waals surface area contributed by atoms with E-state index in [4.69, 9.17) is 4.74 Å². The van der Waals surface area contributed by atoms with Crippen LogP contribution in [-0.4, -0.2) is 62.8 Å². The lowest BCUT2D eigenvalue weighted by molar-refractivity contribution is -0.110. The summed E-state index contributed by atoms with van der Waals surface area (Å²) < 4.78 is 5.20. The van der Waals surface area contributed by atoms with Gasteiger partial charge in [0.1, 0.15) is 5.75 Å². The van der Waals surface area contributed by atoms with Gasteiger partial charge in [-0.15, -0.1) is 0 Å². The van der Waals surface area contributed by atoms with Gasteiger partial charge in [0.05, 0.1) is 12.7 Å². The number of methoxy groups -OCH3 is 1. The maximum absolute atomic E-state index is 13.4. The first-order valence-electron chi connectivity index (χ1n) is 14.4. The lowest BCUT2D eigenvalue weighted by atomic mass is 9.99. The molecule has 0 aromatic heterocycles. The van der Waals surface area contributed by atoms with Gasteiger partial charge in [0.2, 0.25) is 0 Å². The molecule has 9 nitrogen and oxygen atoms in total. The van der Waals surface area contributed by atoms with E-state index in [1.807, 2.05) is 12.1 Å². The van der Waals surface area contributed by atoms with Gasteiger partial charge in [-0.2, -0.15) is 0 Å². The Bertz CT molecular complexity index is 1760. The second kappa shape index (κ2) is 12.4. The molecule has 6 rings (SSSR count). The Hall–Kier alpha value is -5.41. The Labute approximate surface area is 256 Å². The highest BCUT2D eigenvalue weighted by molar-refractivity contribution is 6.32. The first kappa shape index (κ1) is 28.7. The van der Waals surface area contributed by atoms with E-state index < -0.39 is 0 Å². The van der Waals surface area contributed by atoms with Crippen LogP contribution in [0.2, 0.25) is 0 Å². The summed E-state index contributed by atoms with van der Waals surface area (Å²) in [5, 5.41) is 8.95. The Morgan fingerprint density at radius 2 is 1.55 bits per heavy atom. The molecule has 0 radical (unpaired) electrons. The standard InChI is InChI=1S/C35H33N5O4/c1-39-15-17-40(18-16-39)28-12-10-26(11-13-28)36-22-31-30-14-9-24(21-32(30)38-35(31)43)33(41)23-5-3-7-27(19-23)37-34(42)25-6-4-8-29(20-25)44-2/h3-14,19-22,36H,15-18H2,1-2H3,(H,37,42)(H,38,43)/b31-22+. The zero-order valence-corrected chi connectivity index (χ0v) is 24.6. The molecule has 4 aromatic rings. The summed E-state index contributed by atoms with van der Waals surface area (Å²) >= 11 is 0. The van der Waals surface area contributed by atoms with Crippen LogP contribution in [0.15, 0.2) is 97.2 Å². The van der Waals surface area contributed by atoms with Crippen LogP contribution < -0.4 is 25.6 Å². The Balaban J connectivity index is 1.13. The smallest absolute Gasteiger partial charge is 0.257 e. The maximum Gasteiger partial charge on any atom is 0.257 e. The fraction of sp³-hybridized carbons (Fsp3) is 0.171. The van der Waals surface area contributed by atoms with E-state index >= 15 is 0 Å². The summed E-state index contributed by atoms with van der Waals surface area (Å²) in [5.41, 5.74) is 5.61. The minimum absolute atomic E-state index is 0.226. The number of ether oxygens (including phenoxy) is 1. The number of fused-ring (bicyclic) bond motifs is 1. The van der Waals surface area contributed by atoms with Crippen molar-refractivity contribution < 1.29 is 19.1 Å². The second-order valence-electron chi connectivity index (χ2n) is 10.9. The van der Waals surface area contributed by atoms with Gasteiger partial charge in [-0.3, -0.25) is 14.4 Å². The zero-order chi connectivity index (χ0) is 30.6. The van der Waals surface area contributed by atoms with Crippen molar-refractivity contribution in [2.45, 2.75) is 0 Å². The summed E-state index contributed by atoms with van der Waals surface area (Å²) in [5.74, 6) is -0.203. The molecule has 3 N–H and O–H groups in total. The van der Waals surface area contributed by atoms with E-state index in [-0.39, 0.29) is 17.6 Å². The molecule has 2 aliphatic heterocycles. The minimum Gasteiger partial charge on any atom is -0.497 e. The van der Waals surface area contributed by atoms with Gasteiger partial charge < -0.3 is 30.5 Å². The molecule has 0 aliphatic carbocycles. The number of ketones is 1. The predicted octanol–water partition coefficient (Wildman–Crippen LogP) is 5.34. The number of hydrogen-bond acceptors (Lipinski definition) is 7. The van der Waals surface area contributed by atoms with Crippen molar-refractivity contribution in [2.24, 2.45) is 0 Å². The Morgan fingerprint density at radius 3 is 2.32 bits per heavy atom. The molecule has 4 aromatic carbocycles. The number of likely N-dealkylation sites (N-methyl/N-ethyl adjacent to an activating group) is 1. The van der Waals surface area contributed by atoms with Crippen molar-refractivity contribution in [3.05, 3.63) is 119 Å². The van der Waals surface area contributed by atoms with Crippen LogP contribution in [0.4, 0.5) is 22.7 Å². The van der Waals surface area contributed by atoms with Crippen LogP contribution >= 0.6 is 0 Å². The molecule has 0 atom stereocenters. The topological polar surface area (TPSA) is 103 Å². The number of anilines is 4. The quantitative estimate of drug-likeness (QED) is 0.189. The van der Waals surface area contributed by atoms with Crippen molar-refractivity contribution >= 4 is 45.9 Å². The second-order valence-corrected chi connectivity index (χ2v) is 10.9. The molecular weight excluding hydrogens is 554 g/mol. The Morgan fingerprint density at radius 1 is 0.818 bits per heavy atom. The molecule has 0 saturated carbocycles. The lowest BCUT2D eigenvalue weighted by Gasteiger charge is -2.34. The van der Waals surface area contributed by atoms with Gasteiger partial charge in [0.15, 0.2) is 5.78 Å². The molecule has 222 valence electrons. The number of amides is 2. The third kappa shape index (κ3) is 6.18. The van der Waals surface area contributed by atoms with Gasteiger partial charge in [-0.25, -0.2) is 0 Å². The fourth-order valence-electron chi connectivity index (χ4n) is 5.34. The highest BCUT2D eigenvalue weighted by atomic mass is 16.5. The number of carbonyl (C=O) groups is 3. The summed E-state index contributed by atoms with van der Waals surface area (Å²) in [4.78, 5) is 43.7. The van der Waals surface area contributed by atoms with Crippen molar-refractivity contribution in [3.63, 3.8) is 0 Å². The molecule has 2 heterocycles. The van der Waals surface area contributed by atoms with Gasteiger partial charge in [0, 0.05) is 77.4 Å². The van der Waals surface area contributed by atoms with Gasteiger partial charge in [-0.05, 0) is 67.7 Å². The van der Waals surface area contributed by atoms with Crippen LogP contribution in [0, 0.1) is 0 Å². The average Bonchev–Trinajstić information content (AvgIpc) is 3.38. The van der Waals surface area contributed by atoms with Crippen LogP contribution in [0.5, 0.6) is 5.75 Å². The molecule has 1 saturated heterocycles. The van der Waals surface area contributed by atoms with Crippen LogP contribution in [0.25, 0.3) is 5.57 Å². The van der Waals surface area contributed by atoms with E-state index in [9.17, 15) is 14.4 Å². The first-order valence-corrected chi connectivity index (χ1v) is 14.4. The molecule has 2 amide bonds. The summed E-state index contributed by atoms with van der Waals surface area (Å²) in [6.07, 6.45) is 1.70. The van der Waals surface area contributed by atoms with E-state index in [1.54, 1.807) is 80.0 Å². The van der Waals surface area contributed by atoms with Crippen LogP contribution in [-0.2, 0) is 4.79 Å². The van der Waals surface area contributed by atoms with Crippen molar-refractivity contribution in [1.82, 2.24) is 4.90 Å². The van der Waals surface area contributed by atoms with E-state index in [2.05, 4.69) is 44.9 Å². The van der Waals surface area contributed by atoms with Crippen LogP contribution in [0.3, 0.4) is 0 Å². The summed E-state index contributed by atoms with van der Waals surface area (Å²) in [7, 11) is 3.68. The predicted molar refractivity (Wildman–Crippen MR) is 174 cm³/mol. The molecular formula is C35H33N5O4. The molecule has 44 heavy (non-hydrogen) atoms. The first-order chi connectivity index (χ1) is 21.4. The third-order valence-electron chi connectivity index (χ3n) is 7.90. The third-order valence-corrected chi connectivity index (χ3v) is 7.90. The van der Waals surface area contributed by atoms with Gasteiger partial charge in [0.25, 0.3) is 11.8 Å². The number of nitrogens with zero attached hydrogens (tertiary/aromatic N) is 2. The molecule has 1 fully saturated rings. The van der Waals surface area contributed by atoms with Crippen LogP contribution in [0.1, 0.15) is 31.8 Å². The number of hydrogen-bond donors (Lipinski definition) is 3. The van der Waals surface area contributed by atoms with Gasteiger partial charge in [-0.1, -0.05) is 30.3 Å². The normalized spacial score (nSPS) is 15.5. The van der Waals surface area contributed by atoms with E-state index in [0.717, 1.165) is 31.9 Å². The van der Waals surface area contributed by atoms with E-state index in [1.165, 1.54) is 5.69 Å². The average molecular weight is 588 g/mol. The molecule has 0 unspecified atom stereocenters. The number of rotatable bonds is 8. The monoisotopic (exact) mass is 587 g/mol. The minimum atomic E-state index is -0.312. The zero-order valence-electron chi connectivity index (χ0n) is 24.6. The Kier molecular flexibility index (Phi) is 8.12. The summed E-state index contributed by atoms with van der Waals surface area (Å²) in [6, 6.07) is 27.0. The highest BCUT2D eigenvalue weighted by Crippen LogP contribution is 2.33.